The zero-order chi connectivity index (χ0) is 25.4. The van der Waals surface area contributed by atoms with Crippen molar-refractivity contribution in [2.24, 2.45) is 11.8 Å². The summed E-state index contributed by atoms with van der Waals surface area (Å²) in [5, 5.41) is 2.96. The van der Waals surface area contributed by atoms with Crippen LogP contribution in [0.25, 0.3) is 0 Å². The second-order valence-electron chi connectivity index (χ2n) is 10.7. The lowest BCUT2D eigenvalue weighted by atomic mass is 9.70. The molecule has 1 amide bonds. The van der Waals surface area contributed by atoms with Crippen molar-refractivity contribution in [2.45, 2.75) is 58.3 Å². The third-order valence-electron chi connectivity index (χ3n) is 7.81. The largest absolute Gasteiger partial charge is 0.490 e. The van der Waals surface area contributed by atoms with Gasteiger partial charge in [-0.25, -0.2) is 0 Å². The summed E-state index contributed by atoms with van der Waals surface area (Å²) in [7, 11) is 0. The van der Waals surface area contributed by atoms with E-state index in [4.69, 9.17) is 14.2 Å². The number of carbonyl (C=O) groups is 2. The number of Topliss-reactive ketones (excluding diaryl/α,β-unsaturated/α-hetero) is 1. The summed E-state index contributed by atoms with van der Waals surface area (Å²) in [5.41, 5.74) is 2.04. The van der Waals surface area contributed by atoms with Crippen LogP contribution in [0.15, 0.2) is 42.5 Å². The number of benzene rings is 2. The van der Waals surface area contributed by atoms with Gasteiger partial charge in [0.05, 0.1) is 25.4 Å². The zero-order valence-electron chi connectivity index (χ0n) is 21.6. The Morgan fingerprint density at radius 2 is 1.94 bits per heavy atom. The minimum Gasteiger partial charge on any atom is -0.490 e. The van der Waals surface area contributed by atoms with Gasteiger partial charge >= 0.3 is 0 Å². The molecule has 0 saturated carbocycles. The number of nitrogens with zero attached hydrogens (tertiary/aromatic N) is 1. The number of ether oxygens (including phenoxy) is 3. The molecule has 0 aliphatic carbocycles. The molecule has 0 bridgehead atoms. The van der Waals surface area contributed by atoms with Gasteiger partial charge in [0.25, 0.3) is 0 Å². The first-order chi connectivity index (χ1) is 17.2. The van der Waals surface area contributed by atoms with Crippen LogP contribution in [0.2, 0.25) is 0 Å². The first kappa shape index (κ1) is 24.8. The Labute approximate surface area is 213 Å². The van der Waals surface area contributed by atoms with Crippen molar-refractivity contribution in [3.05, 3.63) is 53.6 Å². The minimum absolute atomic E-state index is 0.0115. The third kappa shape index (κ3) is 4.87. The van der Waals surface area contributed by atoms with Crippen LogP contribution >= 0.6 is 0 Å². The molecule has 3 heterocycles. The summed E-state index contributed by atoms with van der Waals surface area (Å²) in [6.07, 6.45) is 2.04. The fourth-order valence-electron chi connectivity index (χ4n) is 5.97. The van der Waals surface area contributed by atoms with Crippen LogP contribution in [0.4, 0.5) is 5.69 Å². The number of para-hydroxylation sites is 1. The zero-order valence-corrected chi connectivity index (χ0v) is 21.6. The fourth-order valence-corrected chi connectivity index (χ4v) is 5.97. The van der Waals surface area contributed by atoms with E-state index in [1.165, 1.54) is 6.92 Å². The first-order valence-electron chi connectivity index (χ1n) is 13.0. The number of piperidine rings is 1. The molecule has 0 aromatic heterocycles. The first-order valence-corrected chi connectivity index (χ1v) is 13.0. The number of carbonyl (C=O) groups excluding carboxylic acids is 2. The lowest BCUT2D eigenvalue weighted by Gasteiger charge is -2.53. The van der Waals surface area contributed by atoms with E-state index in [-0.39, 0.29) is 35.4 Å². The Hall–Kier alpha value is -2.90. The van der Waals surface area contributed by atoms with Gasteiger partial charge in [0.2, 0.25) is 5.91 Å². The standard InChI is InChI=1S/C29H36N2O5/c1-5-34-25-8-6-7-22-27-23(29(3,4)36-28(22)25)15-20-16-31(14-13-24(20)35-27)17-26(33)30-21-11-9-19(10-12-21)18(2)32/h6-12,20,23-24,27H,5,13-17H2,1-4H3,(H,30,33)/t20-,23-,24-,27+/m0/s1. The van der Waals surface area contributed by atoms with Crippen molar-refractivity contribution < 1.29 is 23.8 Å². The average Bonchev–Trinajstić information content (AvgIpc) is 2.84. The average molecular weight is 493 g/mol. The van der Waals surface area contributed by atoms with E-state index in [2.05, 4.69) is 30.1 Å². The molecule has 0 spiro atoms. The summed E-state index contributed by atoms with van der Waals surface area (Å²) in [6, 6.07) is 13.1. The second kappa shape index (κ2) is 9.87. The maximum Gasteiger partial charge on any atom is 0.238 e. The Kier molecular flexibility index (Phi) is 6.79. The second-order valence-corrected chi connectivity index (χ2v) is 10.7. The summed E-state index contributed by atoms with van der Waals surface area (Å²) in [5.74, 6) is 2.13. The maximum absolute atomic E-state index is 12.7. The van der Waals surface area contributed by atoms with Crippen molar-refractivity contribution in [1.82, 2.24) is 4.90 Å². The van der Waals surface area contributed by atoms with Gasteiger partial charge < -0.3 is 19.5 Å². The Morgan fingerprint density at radius 1 is 1.17 bits per heavy atom. The maximum atomic E-state index is 12.7. The van der Waals surface area contributed by atoms with Gasteiger partial charge in [0.1, 0.15) is 5.60 Å². The molecule has 4 atom stereocenters. The number of anilines is 1. The van der Waals surface area contributed by atoms with Crippen molar-refractivity contribution in [2.75, 3.05) is 31.6 Å². The Bertz CT molecular complexity index is 1130. The number of amides is 1. The molecule has 7 heteroatoms. The van der Waals surface area contributed by atoms with E-state index in [0.29, 0.717) is 30.3 Å². The van der Waals surface area contributed by atoms with Crippen LogP contribution in [0.3, 0.4) is 0 Å². The van der Waals surface area contributed by atoms with Gasteiger partial charge in [0.15, 0.2) is 17.3 Å². The highest BCUT2D eigenvalue weighted by atomic mass is 16.5. The molecule has 3 aliphatic heterocycles. The van der Waals surface area contributed by atoms with Crippen molar-refractivity contribution in [3.63, 3.8) is 0 Å². The molecule has 2 aromatic rings. The number of hydrogen-bond donors (Lipinski definition) is 1. The third-order valence-corrected chi connectivity index (χ3v) is 7.81. The number of fused-ring (bicyclic) bond motifs is 4. The van der Waals surface area contributed by atoms with Gasteiger partial charge in [-0.2, -0.15) is 0 Å². The normalized spacial score (nSPS) is 26.6. The van der Waals surface area contributed by atoms with Crippen LogP contribution < -0.4 is 14.8 Å². The van der Waals surface area contributed by atoms with E-state index < -0.39 is 0 Å². The quantitative estimate of drug-likeness (QED) is 0.580. The highest BCUT2D eigenvalue weighted by Gasteiger charge is 2.52. The predicted octanol–water partition coefficient (Wildman–Crippen LogP) is 4.87. The summed E-state index contributed by atoms with van der Waals surface area (Å²) in [6.45, 7) is 10.4. The Morgan fingerprint density at radius 3 is 2.67 bits per heavy atom. The molecule has 192 valence electrons. The minimum atomic E-state index is -0.387. The van der Waals surface area contributed by atoms with Crippen LogP contribution in [-0.4, -0.2) is 54.5 Å². The lowest BCUT2D eigenvalue weighted by molar-refractivity contribution is -0.187. The molecule has 2 aromatic carbocycles. The molecule has 1 N–H and O–H groups in total. The molecule has 2 fully saturated rings. The van der Waals surface area contributed by atoms with Gasteiger partial charge in [-0.05, 0) is 76.8 Å². The highest BCUT2D eigenvalue weighted by Crippen LogP contribution is 2.55. The van der Waals surface area contributed by atoms with E-state index in [1.54, 1.807) is 24.3 Å². The van der Waals surface area contributed by atoms with E-state index in [0.717, 1.165) is 43.0 Å². The molecular weight excluding hydrogens is 456 g/mol. The number of rotatable bonds is 6. The van der Waals surface area contributed by atoms with Gasteiger partial charge in [0, 0.05) is 35.8 Å². The van der Waals surface area contributed by atoms with E-state index in [9.17, 15) is 9.59 Å². The van der Waals surface area contributed by atoms with Gasteiger partial charge in [-0.15, -0.1) is 0 Å². The van der Waals surface area contributed by atoms with Crippen molar-refractivity contribution in [1.29, 1.82) is 0 Å². The molecular formula is C29H36N2O5. The number of nitrogens with one attached hydrogen (secondary N) is 1. The van der Waals surface area contributed by atoms with Crippen LogP contribution in [0, 0.1) is 11.8 Å². The van der Waals surface area contributed by atoms with E-state index >= 15 is 0 Å². The predicted molar refractivity (Wildman–Crippen MR) is 138 cm³/mol. The molecule has 0 unspecified atom stereocenters. The summed E-state index contributed by atoms with van der Waals surface area (Å²) < 4.78 is 19.2. The van der Waals surface area contributed by atoms with E-state index in [1.807, 2.05) is 19.1 Å². The van der Waals surface area contributed by atoms with Crippen molar-refractivity contribution >= 4 is 17.4 Å². The fraction of sp³-hybridized carbons (Fsp3) is 0.517. The molecule has 7 nitrogen and oxygen atoms in total. The van der Waals surface area contributed by atoms with Crippen LogP contribution in [0.5, 0.6) is 11.5 Å². The number of likely N-dealkylation sites (tertiary alicyclic amines) is 1. The summed E-state index contributed by atoms with van der Waals surface area (Å²) in [4.78, 5) is 26.4. The Balaban J connectivity index is 1.24. The topological polar surface area (TPSA) is 77.1 Å². The van der Waals surface area contributed by atoms with Crippen LogP contribution in [0.1, 0.15) is 62.6 Å². The molecule has 0 radical (unpaired) electrons. The molecule has 36 heavy (non-hydrogen) atoms. The molecule has 3 aliphatic rings. The van der Waals surface area contributed by atoms with Gasteiger partial charge in [-0.3, -0.25) is 14.5 Å². The van der Waals surface area contributed by atoms with Gasteiger partial charge in [-0.1, -0.05) is 12.1 Å². The molecule has 5 rings (SSSR count). The van der Waals surface area contributed by atoms with Crippen molar-refractivity contribution in [3.8, 4) is 11.5 Å². The SMILES string of the molecule is CCOc1cccc2c1OC(C)(C)[C@H]1C[C@H]3CN(CC(=O)Nc4ccc(C(C)=O)cc4)CC[C@@H]3O[C@H]21. The number of ketones is 1. The monoisotopic (exact) mass is 492 g/mol. The highest BCUT2D eigenvalue weighted by molar-refractivity contribution is 5.96. The molecule has 2 saturated heterocycles. The number of hydrogen-bond acceptors (Lipinski definition) is 6. The van der Waals surface area contributed by atoms with Crippen LogP contribution in [-0.2, 0) is 9.53 Å². The lowest BCUT2D eigenvalue weighted by Crippen LogP contribution is -2.55. The smallest absolute Gasteiger partial charge is 0.238 e. The summed E-state index contributed by atoms with van der Waals surface area (Å²) >= 11 is 0.